The van der Waals surface area contributed by atoms with Gasteiger partial charge in [0.25, 0.3) is 5.91 Å². The second kappa shape index (κ2) is 6.45. The van der Waals surface area contributed by atoms with Crippen LogP contribution < -0.4 is 5.32 Å². The van der Waals surface area contributed by atoms with Crippen molar-refractivity contribution in [2.24, 2.45) is 0 Å². The molecule has 3 rings (SSSR count). The molecule has 0 aliphatic carbocycles. The minimum absolute atomic E-state index is 0.0121. The highest BCUT2D eigenvalue weighted by Crippen LogP contribution is 2.23. The highest BCUT2D eigenvalue weighted by molar-refractivity contribution is 5.93. The second-order valence-electron chi connectivity index (χ2n) is 6.55. The number of aryl methyl sites for hydroxylation is 1. The molecule has 0 radical (unpaired) electrons. The van der Waals surface area contributed by atoms with Crippen molar-refractivity contribution in [3.05, 3.63) is 35.8 Å². The third kappa shape index (κ3) is 3.35. The molecule has 3 N–H and O–H groups in total. The van der Waals surface area contributed by atoms with Crippen LogP contribution in [-0.2, 0) is 4.79 Å². The SMILES string of the molecule is CC(=O)NC[C@]1(O)CCN(C(=O)c2cn3c(C)cccc3n2)C[C@H]1O. The molecule has 0 unspecified atom stereocenters. The number of carbonyl (C=O) groups excluding carboxylic acids is 2. The number of pyridine rings is 1. The largest absolute Gasteiger partial charge is 0.388 e. The minimum Gasteiger partial charge on any atom is -0.388 e. The quantitative estimate of drug-likeness (QED) is 0.708. The van der Waals surface area contributed by atoms with Crippen LogP contribution in [0.15, 0.2) is 24.4 Å². The normalized spacial score (nSPS) is 23.7. The van der Waals surface area contributed by atoms with Gasteiger partial charge in [-0.2, -0.15) is 0 Å². The van der Waals surface area contributed by atoms with Gasteiger partial charge in [-0.25, -0.2) is 4.98 Å². The fourth-order valence-corrected chi connectivity index (χ4v) is 3.05. The van der Waals surface area contributed by atoms with Crippen molar-refractivity contribution in [3.63, 3.8) is 0 Å². The molecule has 134 valence electrons. The Bertz CT molecular complexity index is 818. The van der Waals surface area contributed by atoms with E-state index in [1.165, 1.54) is 11.8 Å². The lowest BCUT2D eigenvalue weighted by molar-refractivity contribution is -0.127. The zero-order valence-electron chi connectivity index (χ0n) is 14.3. The van der Waals surface area contributed by atoms with Crippen LogP contribution in [0.1, 0.15) is 29.5 Å². The summed E-state index contributed by atoms with van der Waals surface area (Å²) < 4.78 is 1.83. The van der Waals surface area contributed by atoms with Crippen LogP contribution in [0.4, 0.5) is 0 Å². The molecule has 25 heavy (non-hydrogen) atoms. The van der Waals surface area contributed by atoms with E-state index in [0.717, 1.165) is 5.69 Å². The monoisotopic (exact) mass is 346 g/mol. The van der Waals surface area contributed by atoms with Crippen molar-refractivity contribution in [3.8, 4) is 0 Å². The molecule has 8 nitrogen and oxygen atoms in total. The molecule has 0 bridgehead atoms. The number of rotatable bonds is 3. The first-order valence-electron chi connectivity index (χ1n) is 8.19. The topological polar surface area (TPSA) is 107 Å². The Hall–Kier alpha value is -2.45. The first-order valence-corrected chi connectivity index (χ1v) is 8.19. The molecular weight excluding hydrogens is 324 g/mol. The van der Waals surface area contributed by atoms with Crippen molar-refractivity contribution in [1.29, 1.82) is 0 Å². The molecule has 2 atom stereocenters. The van der Waals surface area contributed by atoms with Crippen LogP contribution in [0.3, 0.4) is 0 Å². The zero-order valence-corrected chi connectivity index (χ0v) is 14.3. The van der Waals surface area contributed by atoms with Crippen molar-refractivity contribution >= 4 is 17.5 Å². The molecule has 1 aliphatic rings. The van der Waals surface area contributed by atoms with E-state index < -0.39 is 11.7 Å². The number of likely N-dealkylation sites (tertiary alicyclic amines) is 1. The lowest BCUT2D eigenvalue weighted by Gasteiger charge is -2.41. The van der Waals surface area contributed by atoms with Gasteiger partial charge in [0.2, 0.25) is 5.91 Å². The third-order valence-corrected chi connectivity index (χ3v) is 4.67. The molecule has 1 aliphatic heterocycles. The molecule has 0 spiro atoms. The summed E-state index contributed by atoms with van der Waals surface area (Å²) in [6.45, 7) is 3.50. The van der Waals surface area contributed by atoms with E-state index in [1.54, 1.807) is 6.20 Å². The van der Waals surface area contributed by atoms with Gasteiger partial charge in [0, 0.05) is 38.4 Å². The Morgan fingerprint density at radius 1 is 1.44 bits per heavy atom. The van der Waals surface area contributed by atoms with Gasteiger partial charge in [-0.3, -0.25) is 9.59 Å². The molecule has 3 heterocycles. The number of hydrogen-bond donors (Lipinski definition) is 3. The number of hydrogen-bond acceptors (Lipinski definition) is 5. The fourth-order valence-electron chi connectivity index (χ4n) is 3.05. The third-order valence-electron chi connectivity index (χ3n) is 4.67. The van der Waals surface area contributed by atoms with Gasteiger partial charge in [0.1, 0.15) is 23.0 Å². The van der Waals surface area contributed by atoms with E-state index in [9.17, 15) is 19.8 Å². The van der Waals surface area contributed by atoms with Gasteiger partial charge in [-0.1, -0.05) is 6.07 Å². The number of aliphatic hydroxyl groups is 2. The molecule has 2 amide bonds. The average molecular weight is 346 g/mol. The predicted molar refractivity (Wildman–Crippen MR) is 90.1 cm³/mol. The average Bonchev–Trinajstić information content (AvgIpc) is 3.01. The number of β-amino-alcohol motifs (C(OH)–C–C–N with tert-alkyl or cyclic N) is 1. The van der Waals surface area contributed by atoms with Crippen LogP contribution in [0, 0.1) is 6.92 Å². The highest BCUT2D eigenvalue weighted by atomic mass is 16.3. The van der Waals surface area contributed by atoms with Crippen molar-refractivity contribution in [2.45, 2.75) is 32.0 Å². The maximum Gasteiger partial charge on any atom is 0.274 e. The van der Waals surface area contributed by atoms with Crippen LogP contribution in [-0.4, -0.2) is 67.7 Å². The fraction of sp³-hybridized carbons (Fsp3) is 0.471. The Morgan fingerprint density at radius 3 is 2.84 bits per heavy atom. The van der Waals surface area contributed by atoms with Crippen molar-refractivity contribution in [1.82, 2.24) is 19.6 Å². The Morgan fingerprint density at radius 2 is 2.20 bits per heavy atom. The molecule has 2 aromatic rings. The molecule has 1 saturated heterocycles. The van der Waals surface area contributed by atoms with E-state index in [-0.39, 0.29) is 37.9 Å². The predicted octanol–water partition coefficient (Wildman–Crippen LogP) is -0.283. The first-order chi connectivity index (χ1) is 11.8. The summed E-state index contributed by atoms with van der Waals surface area (Å²) in [5.74, 6) is -0.567. The lowest BCUT2D eigenvalue weighted by Crippen LogP contribution is -2.61. The summed E-state index contributed by atoms with van der Waals surface area (Å²) >= 11 is 0. The molecule has 2 aromatic heterocycles. The summed E-state index contributed by atoms with van der Waals surface area (Å²) in [4.78, 5) is 29.5. The summed E-state index contributed by atoms with van der Waals surface area (Å²) in [6, 6.07) is 5.62. The zero-order chi connectivity index (χ0) is 18.2. The molecule has 0 saturated carbocycles. The number of amides is 2. The molecule has 8 heteroatoms. The van der Waals surface area contributed by atoms with E-state index in [0.29, 0.717) is 11.3 Å². The van der Waals surface area contributed by atoms with E-state index in [1.807, 2.05) is 29.5 Å². The standard InChI is InChI=1S/C17H22N4O4/c1-11-4-3-5-15-19-13(8-21(11)15)16(24)20-7-6-17(25,14(23)9-20)10-18-12(2)22/h3-5,8,14,23,25H,6-7,9-10H2,1-2H3,(H,18,22)/t14-,17-/m1/s1. The van der Waals surface area contributed by atoms with Gasteiger partial charge in [-0.05, 0) is 25.5 Å². The molecule has 0 aromatic carbocycles. The smallest absolute Gasteiger partial charge is 0.274 e. The number of aliphatic hydroxyl groups excluding tert-OH is 1. The van der Waals surface area contributed by atoms with Gasteiger partial charge in [0.15, 0.2) is 0 Å². The van der Waals surface area contributed by atoms with Crippen LogP contribution in [0.2, 0.25) is 0 Å². The number of aromatic nitrogens is 2. The Kier molecular flexibility index (Phi) is 4.49. The maximum atomic E-state index is 12.7. The van der Waals surface area contributed by atoms with E-state index >= 15 is 0 Å². The van der Waals surface area contributed by atoms with Gasteiger partial charge in [0.05, 0.1) is 0 Å². The maximum absolute atomic E-state index is 12.7. The Labute approximate surface area is 145 Å². The Balaban J connectivity index is 1.73. The number of fused-ring (bicyclic) bond motifs is 1. The van der Waals surface area contributed by atoms with Crippen molar-refractivity contribution < 1.29 is 19.8 Å². The van der Waals surface area contributed by atoms with Crippen LogP contribution >= 0.6 is 0 Å². The van der Waals surface area contributed by atoms with E-state index in [4.69, 9.17) is 0 Å². The minimum atomic E-state index is -1.43. The van der Waals surface area contributed by atoms with Gasteiger partial charge in [-0.15, -0.1) is 0 Å². The number of piperidine rings is 1. The van der Waals surface area contributed by atoms with E-state index in [2.05, 4.69) is 10.3 Å². The molecule has 1 fully saturated rings. The summed E-state index contributed by atoms with van der Waals surface area (Å²) in [5, 5.41) is 23.3. The number of imidazole rings is 1. The van der Waals surface area contributed by atoms with Crippen LogP contribution in [0.5, 0.6) is 0 Å². The summed E-state index contributed by atoms with van der Waals surface area (Å²) in [6.07, 6.45) is 0.709. The van der Waals surface area contributed by atoms with Crippen LogP contribution in [0.25, 0.3) is 5.65 Å². The van der Waals surface area contributed by atoms with Gasteiger partial charge >= 0.3 is 0 Å². The second-order valence-corrected chi connectivity index (χ2v) is 6.55. The number of nitrogens with zero attached hydrogens (tertiary/aromatic N) is 3. The lowest BCUT2D eigenvalue weighted by atomic mass is 9.88. The number of nitrogens with one attached hydrogen (secondary N) is 1. The number of carbonyl (C=O) groups is 2. The van der Waals surface area contributed by atoms with Crippen molar-refractivity contribution in [2.75, 3.05) is 19.6 Å². The summed E-state index contributed by atoms with van der Waals surface area (Å²) in [7, 11) is 0. The first kappa shape index (κ1) is 17.4. The summed E-state index contributed by atoms with van der Waals surface area (Å²) in [5.41, 5.74) is 0.516. The van der Waals surface area contributed by atoms with Gasteiger partial charge < -0.3 is 24.8 Å². The highest BCUT2D eigenvalue weighted by Gasteiger charge is 2.42. The molecular formula is C17H22N4O4.